The Kier molecular flexibility index (Phi) is 3.79. The second kappa shape index (κ2) is 5.15. The van der Waals surface area contributed by atoms with E-state index in [2.05, 4.69) is 12.2 Å². The van der Waals surface area contributed by atoms with Gasteiger partial charge in [0.15, 0.2) is 0 Å². The Morgan fingerprint density at radius 3 is 2.53 bits per heavy atom. The van der Waals surface area contributed by atoms with Gasteiger partial charge in [0, 0.05) is 13.1 Å². The van der Waals surface area contributed by atoms with Gasteiger partial charge in [0.1, 0.15) is 5.82 Å². The van der Waals surface area contributed by atoms with Gasteiger partial charge in [0.05, 0.1) is 6.10 Å². The molecule has 1 saturated carbocycles. The molecule has 1 atom stereocenters. The van der Waals surface area contributed by atoms with Crippen LogP contribution in [0.15, 0.2) is 24.3 Å². The van der Waals surface area contributed by atoms with Gasteiger partial charge in [-0.05, 0) is 42.4 Å². The highest BCUT2D eigenvalue weighted by Gasteiger charge is 2.39. The van der Waals surface area contributed by atoms with Crippen molar-refractivity contribution in [3.05, 3.63) is 35.6 Å². The van der Waals surface area contributed by atoms with E-state index in [9.17, 15) is 9.50 Å². The van der Waals surface area contributed by atoms with Gasteiger partial charge in [0.2, 0.25) is 0 Å². The first-order valence-corrected chi connectivity index (χ1v) is 6.29. The molecule has 2 nitrogen and oxygen atoms in total. The highest BCUT2D eigenvalue weighted by molar-refractivity contribution is 5.18. The molecule has 2 rings (SSSR count). The molecule has 1 aliphatic carbocycles. The van der Waals surface area contributed by atoms with Crippen LogP contribution in [-0.4, -0.2) is 18.2 Å². The van der Waals surface area contributed by atoms with E-state index in [0.29, 0.717) is 12.0 Å². The van der Waals surface area contributed by atoms with Crippen LogP contribution in [0.2, 0.25) is 0 Å². The molecule has 0 spiro atoms. The summed E-state index contributed by atoms with van der Waals surface area (Å²) in [5.41, 5.74) is 1.25. The molecule has 0 bridgehead atoms. The summed E-state index contributed by atoms with van der Waals surface area (Å²) < 4.78 is 12.7. The molecule has 1 fully saturated rings. The quantitative estimate of drug-likeness (QED) is 0.797. The normalized spacial score (nSPS) is 19.0. The van der Waals surface area contributed by atoms with Crippen molar-refractivity contribution >= 4 is 0 Å². The van der Waals surface area contributed by atoms with E-state index < -0.39 is 6.10 Å². The van der Waals surface area contributed by atoms with Crippen molar-refractivity contribution in [3.8, 4) is 0 Å². The number of aliphatic hydroxyl groups is 1. The molecule has 17 heavy (non-hydrogen) atoms. The maximum Gasteiger partial charge on any atom is 0.123 e. The van der Waals surface area contributed by atoms with E-state index in [1.165, 1.54) is 31.4 Å². The molecule has 0 amide bonds. The summed E-state index contributed by atoms with van der Waals surface area (Å²) in [5.74, 6) is -0.267. The van der Waals surface area contributed by atoms with Gasteiger partial charge in [-0.2, -0.15) is 0 Å². The molecule has 1 aromatic carbocycles. The fourth-order valence-electron chi connectivity index (χ4n) is 2.11. The maximum atomic E-state index is 12.7. The summed E-state index contributed by atoms with van der Waals surface area (Å²) in [7, 11) is 0. The summed E-state index contributed by atoms with van der Waals surface area (Å²) in [4.78, 5) is 0. The Bertz CT molecular complexity index is 359. The second-order valence-corrected chi connectivity index (χ2v) is 5.05. The SMILES string of the molecule is CCC1(CNCC(O)c2ccc(F)cc2)CC1. The Morgan fingerprint density at radius 1 is 1.35 bits per heavy atom. The number of benzene rings is 1. The molecule has 1 unspecified atom stereocenters. The molecule has 0 saturated heterocycles. The predicted molar refractivity (Wildman–Crippen MR) is 66.2 cm³/mol. The third kappa shape index (κ3) is 3.27. The summed E-state index contributed by atoms with van der Waals surface area (Å²) in [6.45, 7) is 3.72. The molecule has 0 aromatic heterocycles. The number of aliphatic hydroxyl groups excluding tert-OH is 1. The predicted octanol–water partition coefficient (Wildman–Crippen LogP) is 2.64. The monoisotopic (exact) mass is 237 g/mol. The van der Waals surface area contributed by atoms with E-state index in [4.69, 9.17) is 0 Å². The van der Waals surface area contributed by atoms with Gasteiger partial charge in [-0.3, -0.25) is 0 Å². The Morgan fingerprint density at radius 2 is 2.00 bits per heavy atom. The zero-order valence-corrected chi connectivity index (χ0v) is 10.2. The minimum Gasteiger partial charge on any atom is -0.387 e. The second-order valence-electron chi connectivity index (χ2n) is 5.05. The smallest absolute Gasteiger partial charge is 0.123 e. The van der Waals surface area contributed by atoms with Crippen molar-refractivity contribution < 1.29 is 9.50 Å². The van der Waals surface area contributed by atoms with Crippen LogP contribution >= 0.6 is 0 Å². The van der Waals surface area contributed by atoms with Crippen molar-refractivity contribution in [2.24, 2.45) is 5.41 Å². The zero-order valence-electron chi connectivity index (χ0n) is 10.2. The lowest BCUT2D eigenvalue weighted by atomic mass is 10.0. The maximum absolute atomic E-state index is 12.7. The minimum atomic E-state index is -0.553. The summed E-state index contributed by atoms with van der Waals surface area (Å²) in [6, 6.07) is 6.03. The lowest BCUT2D eigenvalue weighted by molar-refractivity contribution is 0.171. The average molecular weight is 237 g/mol. The zero-order chi connectivity index (χ0) is 12.3. The van der Waals surface area contributed by atoms with Crippen LogP contribution < -0.4 is 5.32 Å². The number of hydrogen-bond donors (Lipinski definition) is 2. The fourth-order valence-corrected chi connectivity index (χ4v) is 2.11. The van der Waals surface area contributed by atoms with Gasteiger partial charge in [-0.15, -0.1) is 0 Å². The first-order chi connectivity index (χ1) is 8.15. The van der Waals surface area contributed by atoms with E-state index in [1.54, 1.807) is 12.1 Å². The van der Waals surface area contributed by atoms with Gasteiger partial charge in [-0.25, -0.2) is 4.39 Å². The van der Waals surface area contributed by atoms with Crippen molar-refractivity contribution in [1.82, 2.24) is 5.32 Å². The molecule has 2 N–H and O–H groups in total. The van der Waals surface area contributed by atoms with Crippen LogP contribution in [0.4, 0.5) is 4.39 Å². The van der Waals surface area contributed by atoms with Gasteiger partial charge >= 0.3 is 0 Å². The molecule has 0 heterocycles. The average Bonchev–Trinajstić information content (AvgIpc) is 3.10. The Hall–Kier alpha value is -0.930. The molecule has 1 aromatic rings. The number of rotatable bonds is 6. The standard InChI is InChI=1S/C14H20FNO/c1-2-14(7-8-14)10-16-9-13(17)11-3-5-12(15)6-4-11/h3-6,13,16-17H,2,7-10H2,1H3. The highest BCUT2D eigenvalue weighted by atomic mass is 19.1. The van der Waals surface area contributed by atoms with E-state index in [0.717, 1.165) is 12.1 Å². The molecule has 0 aliphatic heterocycles. The van der Waals surface area contributed by atoms with Gasteiger partial charge in [-0.1, -0.05) is 19.1 Å². The van der Waals surface area contributed by atoms with Crippen LogP contribution in [0.25, 0.3) is 0 Å². The van der Waals surface area contributed by atoms with Crippen molar-refractivity contribution in [2.75, 3.05) is 13.1 Å². The minimum absolute atomic E-state index is 0.267. The van der Waals surface area contributed by atoms with Crippen LogP contribution in [0, 0.1) is 11.2 Å². The molecule has 94 valence electrons. The van der Waals surface area contributed by atoms with E-state index in [1.807, 2.05) is 0 Å². The van der Waals surface area contributed by atoms with Gasteiger partial charge in [0.25, 0.3) is 0 Å². The third-order valence-electron chi connectivity index (χ3n) is 3.80. The molecule has 1 aliphatic rings. The van der Waals surface area contributed by atoms with Crippen LogP contribution in [0.3, 0.4) is 0 Å². The van der Waals surface area contributed by atoms with Crippen LogP contribution in [-0.2, 0) is 0 Å². The lowest BCUT2D eigenvalue weighted by Gasteiger charge is -2.16. The molecular formula is C14H20FNO. The number of hydrogen-bond acceptors (Lipinski definition) is 2. The number of nitrogens with one attached hydrogen (secondary N) is 1. The largest absolute Gasteiger partial charge is 0.387 e. The van der Waals surface area contributed by atoms with E-state index >= 15 is 0 Å². The summed E-state index contributed by atoms with van der Waals surface area (Å²) >= 11 is 0. The van der Waals surface area contributed by atoms with Crippen LogP contribution in [0.5, 0.6) is 0 Å². The summed E-state index contributed by atoms with van der Waals surface area (Å²) in [6.07, 6.45) is 3.24. The first-order valence-electron chi connectivity index (χ1n) is 6.29. The lowest BCUT2D eigenvalue weighted by Crippen LogP contribution is -2.28. The van der Waals surface area contributed by atoms with E-state index in [-0.39, 0.29) is 5.82 Å². The van der Waals surface area contributed by atoms with Gasteiger partial charge < -0.3 is 10.4 Å². The molecule has 3 heteroatoms. The number of halogens is 1. The Balaban J connectivity index is 1.77. The molecule has 0 radical (unpaired) electrons. The third-order valence-corrected chi connectivity index (χ3v) is 3.80. The summed E-state index contributed by atoms with van der Waals surface area (Å²) in [5, 5.41) is 13.2. The molecular weight excluding hydrogens is 217 g/mol. The van der Waals surface area contributed by atoms with Crippen molar-refractivity contribution in [2.45, 2.75) is 32.3 Å². The first kappa shape index (κ1) is 12.5. The highest BCUT2D eigenvalue weighted by Crippen LogP contribution is 2.47. The fraction of sp³-hybridized carbons (Fsp3) is 0.571. The van der Waals surface area contributed by atoms with Crippen LogP contribution in [0.1, 0.15) is 37.9 Å². The van der Waals surface area contributed by atoms with Crippen molar-refractivity contribution in [1.29, 1.82) is 0 Å². The Labute approximate surface area is 102 Å². The van der Waals surface area contributed by atoms with Crippen molar-refractivity contribution in [3.63, 3.8) is 0 Å². The topological polar surface area (TPSA) is 32.3 Å².